The molecule has 3 aromatic rings. The van der Waals surface area contributed by atoms with Gasteiger partial charge in [0.15, 0.2) is 11.6 Å². The van der Waals surface area contributed by atoms with Crippen LogP contribution in [0.5, 0.6) is 5.75 Å². The zero-order valence-corrected chi connectivity index (χ0v) is 18.3. The first kappa shape index (κ1) is 22.2. The van der Waals surface area contributed by atoms with Crippen molar-refractivity contribution in [3.05, 3.63) is 89.5 Å². The Morgan fingerprint density at radius 3 is 2.47 bits per heavy atom. The van der Waals surface area contributed by atoms with Gasteiger partial charge in [-0.15, -0.1) is 0 Å². The molecule has 0 bridgehead atoms. The fraction of sp³-hybridized carbons (Fsp3) is 0.321. The number of ether oxygens (including phenoxy) is 1. The number of carbonyl (C=O) groups is 1. The van der Waals surface area contributed by atoms with Crippen molar-refractivity contribution in [3.63, 3.8) is 0 Å². The Labute approximate surface area is 187 Å². The second-order valence-corrected chi connectivity index (χ2v) is 8.62. The second-order valence-electron chi connectivity index (χ2n) is 8.62. The zero-order chi connectivity index (χ0) is 22.5. The van der Waals surface area contributed by atoms with E-state index in [0.717, 1.165) is 12.0 Å². The maximum Gasteiger partial charge on any atom is 0.343 e. The van der Waals surface area contributed by atoms with Crippen LogP contribution in [-0.2, 0) is 0 Å². The van der Waals surface area contributed by atoms with Gasteiger partial charge in [-0.1, -0.05) is 30.4 Å². The Kier molecular flexibility index (Phi) is 6.99. The topological polar surface area (TPSA) is 26.3 Å². The van der Waals surface area contributed by atoms with Crippen LogP contribution >= 0.6 is 0 Å². The number of benzene rings is 3. The zero-order valence-electron chi connectivity index (χ0n) is 18.3. The molecule has 0 radical (unpaired) electrons. The largest absolute Gasteiger partial charge is 0.423 e. The number of rotatable bonds is 6. The van der Waals surface area contributed by atoms with Crippen LogP contribution in [0.2, 0.25) is 0 Å². The van der Waals surface area contributed by atoms with Crippen LogP contribution in [-0.4, -0.2) is 5.97 Å². The van der Waals surface area contributed by atoms with Gasteiger partial charge in [-0.05, 0) is 105 Å². The summed E-state index contributed by atoms with van der Waals surface area (Å²) in [4.78, 5) is 12.6. The molecule has 0 heterocycles. The van der Waals surface area contributed by atoms with Crippen molar-refractivity contribution in [2.24, 2.45) is 5.92 Å². The van der Waals surface area contributed by atoms with E-state index in [9.17, 15) is 13.6 Å². The minimum atomic E-state index is -0.900. The van der Waals surface area contributed by atoms with Crippen molar-refractivity contribution in [1.82, 2.24) is 0 Å². The van der Waals surface area contributed by atoms with Gasteiger partial charge in [0.05, 0.1) is 5.56 Å². The van der Waals surface area contributed by atoms with Gasteiger partial charge in [-0.2, -0.15) is 0 Å². The summed E-state index contributed by atoms with van der Waals surface area (Å²) in [5, 5.41) is 0.636. The Hall–Kier alpha value is -3.01. The van der Waals surface area contributed by atoms with E-state index >= 15 is 0 Å². The quantitative estimate of drug-likeness (QED) is 0.223. The summed E-state index contributed by atoms with van der Waals surface area (Å²) in [7, 11) is 0. The number of fused-ring (bicyclic) bond motifs is 1. The molecule has 166 valence electrons. The lowest BCUT2D eigenvalue weighted by molar-refractivity contribution is 0.0735. The summed E-state index contributed by atoms with van der Waals surface area (Å²) >= 11 is 0. The van der Waals surface area contributed by atoms with Crippen LogP contribution in [0, 0.1) is 17.6 Å². The molecule has 1 saturated carbocycles. The minimum absolute atomic E-state index is 0.158. The van der Waals surface area contributed by atoms with Crippen molar-refractivity contribution in [3.8, 4) is 5.75 Å². The monoisotopic (exact) mass is 434 g/mol. The lowest BCUT2D eigenvalue weighted by atomic mass is 9.77. The highest BCUT2D eigenvalue weighted by molar-refractivity contribution is 5.92. The van der Waals surface area contributed by atoms with Crippen molar-refractivity contribution in [1.29, 1.82) is 0 Å². The third-order valence-electron chi connectivity index (χ3n) is 6.53. The maximum absolute atomic E-state index is 13.9. The predicted molar refractivity (Wildman–Crippen MR) is 124 cm³/mol. The van der Waals surface area contributed by atoms with Gasteiger partial charge < -0.3 is 4.74 Å². The number of carbonyl (C=O) groups excluding carboxylic acids is 1. The van der Waals surface area contributed by atoms with E-state index in [1.54, 1.807) is 6.07 Å². The second kappa shape index (κ2) is 10.1. The first-order valence-corrected chi connectivity index (χ1v) is 11.4. The molecule has 1 fully saturated rings. The summed E-state index contributed by atoms with van der Waals surface area (Å²) < 4.78 is 32.7. The number of hydrogen-bond donors (Lipinski definition) is 0. The molecule has 0 spiro atoms. The third kappa shape index (κ3) is 5.07. The molecule has 3 aromatic carbocycles. The molecule has 4 rings (SSSR count). The van der Waals surface area contributed by atoms with Crippen molar-refractivity contribution in [2.75, 3.05) is 0 Å². The van der Waals surface area contributed by atoms with Gasteiger partial charge in [0.2, 0.25) is 0 Å². The Balaban J connectivity index is 1.36. The molecular weight excluding hydrogens is 406 g/mol. The lowest BCUT2D eigenvalue weighted by Gasteiger charge is -2.28. The van der Waals surface area contributed by atoms with Crippen LogP contribution in [0.1, 0.15) is 67.3 Å². The van der Waals surface area contributed by atoms with Crippen LogP contribution in [0.4, 0.5) is 8.78 Å². The lowest BCUT2D eigenvalue weighted by Crippen LogP contribution is -2.14. The standard InChI is InChI=1S/C28H28F2O2/c1-2-3-4-5-19-6-8-20(9-7-19)21-10-12-22(13-11-21)28(31)32-24-15-16-25-23(18-24)14-17-26(29)27(25)30/h2-3,10-20H,4-9H2,1H3/b3-2+. The summed E-state index contributed by atoms with van der Waals surface area (Å²) in [6, 6.07) is 14.7. The smallest absolute Gasteiger partial charge is 0.343 e. The van der Waals surface area contributed by atoms with Crippen LogP contribution in [0.3, 0.4) is 0 Å². The fourth-order valence-corrected chi connectivity index (χ4v) is 4.65. The molecule has 0 unspecified atom stereocenters. The number of hydrogen-bond acceptors (Lipinski definition) is 2. The molecule has 0 aromatic heterocycles. The van der Waals surface area contributed by atoms with Gasteiger partial charge in [-0.25, -0.2) is 13.6 Å². The molecule has 4 heteroatoms. The Morgan fingerprint density at radius 2 is 1.75 bits per heavy atom. The van der Waals surface area contributed by atoms with Crippen molar-refractivity contribution in [2.45, 2.75) is 51.4 Å². The Morgan fingerprint density at radius 1 is 1.00 bits per heavy atom. The molecule has 0 amide bonds. The van der Waals surface area contributed by atoms with Crippen LogP contribution in [0.25, 0.3) is 10.8 Å². The molecule has 2 nitrogen and oxygen atoms in total. The van der Waals surface area contributed by atoms with Gasteiger partial charge in [0.1, 0.15) is 5.75 Å². The van der Waals surface area contributed by atoms with E-state index in [4.69, 9.17) is 4.74 Å². The molecule has 1 aliphatic carbocycles. The summed E-state index contributed by atoms with van der Waals surface area (Å²) in [6.45, 7) is 2.07. The molecular formula is C28H28F2O2. The van der Waals surface area contributed by atoms with Crippen LogP contribution in [0.15, 0.2) is 66.7 Å². The molecule has 32 heavy (non-hydrogen) atoms. The van der Waals surface area contributed by atoms with Crippen molar-refractivity contribution < 1.29 is 18.3 Å². The summed E-state index contributed by atoms with van der Waals surface area (Å²) in [5.74, 6) is -0.593. The molecule has 0 atom stereocenters. The van der Waals surface area contributed by atoms with E-state index in [2.05, 4.69) is 19.1 Å². The van der Waals surface area contributed by atoms with Gasteiger partial charge in [-0.3, -0.25) is 0 Å². The average Bonchev–Trinajstić information content (AvgIpc) is 2.82. The van der Waals surface area contributed by atoms with Crippen molar-refractivity contribution >= 4 is 16.7 Å². The normalized spacial score (nSPS) is 18.8. The van der Waals surface area contributed by atoms with E-state index in [-0.39, 0.29) is 5.39 Å². The maximum atomic E-state index is 13.9. The molecule has 0 saturated heterocycles. The van der Waals surface area contributed by atoms with Gasteiger partial charge in [0.25, 0.3) is 0 Å². The highest BCUT2D eigenvalue weighted by Crippen LogP contribution is 2.37. The molecule has 0 N–H and O–H groups in total. The third-order valence-corrected chi connectivity index (χ3v) is 6.53. The predicted octanol–water partition coefficient (Wildman–Crippen LogP) is 7.97. The highest BCUT2D eigenvalue weighted by atomic mass is 19.2. The molecule has 1 aliphatic rings. The minimum Gasteiger partial charge on any atom is -0.423 e. The fourth-order valence-electron chi connectivity index (χ4n) is 4.65. The Bertz CT molecular complexity index is 1110. The van der Waals surface area contributed by atoms with Gasteiger partial charge >= 0.3 is 5.97 Å². The van der Waals surface area contributed by atoms with Gasteiger partial charge in [0, 0.05) is 5.39 Å². The summed E-state index contributed by atoms with van der Waals surface area (Å²) in [5.41, 5.74) is 1.75. The first-order chi connectivity index (χ1) is 15.5. The van der Waals surface area contributed by atoms with E-state index in [1.165, 1.54) is 62.3 Å². The molecule has 0 aliphatic heterocycles. The summed E-state index contributed by atoms with van der Waals surface area (Å²) in [6.07, 6.45) is 11.7. The number of allylic oxidation sites excluding steroid dienone is 2. The number of halogens is 2. The average molecular weight is 435 g/mol. The van der Waals surface area contributed by atoms with Crippen LogP contribution < -0.4 is 4.74 Å². The van der Waals surface area contributed by atoms with E-state index < -0.39 is 17.6 Å². The SMILES string of the molecule is C/C=C/CCC1CCC(c2ccc(C(=O)Oc3ccc4c(F)c(F)ccc4c3)cc2)CC1. The first-order valence-electron chi connectivity index (χ1n) is 11.4. The highest BCUT2D eigenvalue weighted by Gasteiger charge is 2.22. The van der Waals surface area contributed by atoms with E-state index in [0.29, 0.717) is 22.6 Å². The van der Waals surface area contributed by atoms with E-state index in [1.807, 2.05) is 24.3 Å². The number of esters is 1.